The lowest BCUT2D eigenvalue weighted by atomic mass is 9.99. The van der Waals surface area contributed by atoms with Gasteiger partial charge in [0, 0.05) is 43.6 Å². The second-order valence-corrected chi connectivity index (χ2v) is 8.74. The summed E-state index contributed by atoms with van der Waals surface area (Å²) < 4.78 is 6.22. The number of hydrogen-bond donors (Lipinski definition) is 1. The number of unbranched alkanes of at least 4 members (excludes halogenated alkanes) is 1. The molecule has 168 valence electrons. The normalized spacial score (nSPS) is 21.7. The van der Waals surface area contributed by atoms with E-state index in [4.69, 9.17) is 4.74 Å². The van der Waals surface area contributed by atoms with E-state index in [1.54, 1.807) is 29.1 Å². The first-order chi connectivity index (χ1) is 14.8. The second kappa shape index (κ2) is 10.1. The van der Waals surface area contributed by atoms with Crippen molar-refractivity contribution in [3.63, 3.8) is 0 Å². The maximum absolute atomic E-state index is 13.3. The van der Waals surface area contributed by atoms with E-state index in [1.807, 2.05) is 13.8 Å². The van der Waals surface area contributed by atoms with E-state index in [-0.39, 0.29) is 48.3 Å². The van der Waals surface area contributed by atoms with Crippen LogP contribution in [0, 0.1) is 23.7 Å². The first kappa shape index (κ1) is 23.1. The van der Waals surface area contributed by atoms with Crippen LogP contribution in [-0.4, -0.2) is 70.6 Å². The molecule has 2 heterocycles. The molecule has 2 aliphatic rings. The Labute approximate surface area is 184 Å². The Bertz CT molecular complexity index is 871. The summed E-state index contributed by atoms with van der Waals surface area (Å²) in [7, 11) is 1.80. The Balaban J connectivity index is 1.93. The molecule has 0 aromatic carbocycles. The average Bonchev–Trinajstić information content (AvgIpc) is 3.61. The molecule has 0 saturated heterocycles. The number of hydrogen-bond acceptors (Lipinski definition) is 5. The molecule has 31 heavy (non-hydrogen) atoms. The molecule has 3 rings (SSSR count). The van der Waals surface area contributed by atoms with Gasteiger partial charge in [0.15, 0.2) is 0 Å². The highest BCUT2D eigenvalue weighted by molar-refractivity contribution is 5.97. The molecule has 1 N–H and O–H groups in total. The molecule has 1 saturated carbocycles. The first-order valence-electron chi connectivity index (χ1n) is 11.2. The topological polar surface area (TPSA) is 83.0 Å². The molecule has 1 aromatic rings. The maximum Gasteiger partial charge on any atom is 0.259 e. The van der Waals surface area contributed by atoms with Crippen LogP contribution in [0.1, 0.15) is 62.4 Å². The third-order valence-electron chi connectivity index (χ3n) is 5.89. The Morgan fingerprint density at radius 1 is 1.45 bits per heavy atom. The molecule has 7 heteroatoms. The van der Waals surface area contributed by atoms with Gasteiger partial charge in [-0.25, -0.2) is 4.98 Å². The van der Waals surface area contributed by atoms with Crippen molar-refractivity contribution in [2.75, 3.05) is 26.7 Å². The van der Waals surface area contributed by atoms with Gasteiger partial charge in [-0.3, -0.25) is 9.59 Å². The lowest BCUT2D eigenvalue weighted by molar-refractivity contribution is -0.132. The van der Waals surface area contributed by atoms with E-state index >= 15 is 0 Å². The standard InChI is InChI=1S/C24H33N3O4/c1-5-6-7-8-18-11-20-22(25-12-18)31-21(14-26(4)23(29)19-9-10-19)16(2)13-27(24(20)30)17(3)15-28/h11-12,16-17,19,21,28H,5-6,9-10,13-15H2,1-4H3/t16-,17-,21+/m1/s1. The summed E-state index contributed by atoms with van der Waals surface area (Å²) in [6.45, 7) is 6.59. The summed E-state index contributed by atoms with van der Waals surface area (Å²) in [5, 5.41) is 9.74. The summed E-state index contributed by atoms with van der Waals surface area (Å²) in [4.78, 5) is 33.6. The van der Waals surface area contributed by atoms with E-state index in [9.17, 15) is 14.7 Å². The number of aliphatic hydroxyl groups is 1. The molecule has 1 aliphatic heterocycles. The highest BCUT2D eigenvalue weighted by Crippen LogP contribution is 2.32. The third kappa shape index (κ3) is 5.56. The predicted octanol–water partition coefficient (Wildman–Crippen LogP) is 2.32. The van der Waals surface area contributed by atoms with E-state index in [1.165, 1.54) is 0 Å². The van der Waals surface area contributed by atoms with Gasteiger partial charge in [0.25, 0.3) is 5.91 Å². The summed E-state index contributed by atoms with van der Waals surface area (Å²) >= 11 is 0. The van der Waals surface area contributed by atoms with Crippen LogP contribution in [-0.2, 0) is 4.79 Å². The van der Waals surface area contributed by atoms with Crippen molar-refractivity contribution in [2.45, 2.75) is 58.6 Å². The van der Waals surface area contributed by atoms with Crippen LogP contribution in [0.15, 0.2) is 12.3 Å². The summed E-state index contributed by atoms with van der Waals surface area (Å²) in [6.07, 6.45) is 4.94. The van der Waals surface area contributed by atoms with Gasteiger partial charge < -0.3 is 19.6 Å². The van der Waals surface area contributed by atoms with Crippen LogP contribution in [0.5, 0.6) is 5.88 Å². The second-order valence-electron chi connectivity index (χ2n) is 8.74. The molecule has 2 amide bonds. The number of carbonyl (C=O) groups excluding carboxylic acids is 2. The van der Waals surface area contributed by atoms with Gasteiger partial charge in [0.05, 0.1) is 19.2 Å². The molecule has 0 spiro atoms. The summed E-state index contributed by atoms with van der Waals surface area (Å²) in [6, 6.07) is 1.37. The number of aliphatic hydroxyl groups excluding tert-OH is 1. The van der Waals surface area contributed by atoms with Crippen molar-refractivity contribution < 1.29 is 19.4 Å². The molecule has 3 atom stereocenters. The molecule has 7 nitrogen and oxygen atoms in total. The van der Waals surface area contributed by atoms with Gasteiger partial charge in [-0.05, 0) is 32.3 Å². The van der Waals surface area contributed by atoms with Gasteiger partial charge in [-0.2, -0.15) is 0 Å². The zero-order valence-electron chi connectivity index (χ0n) is 18.9. The molecule has 0 bridgehead atoms. The van der Waals surface area contributed by atoms with E-state index in [0.717, 1.165) is 25.7 Å². The summed E-state index contributed by atoms with van der Waals surface area (Å²) in [5.41, 5.74) is 1.00. The number of amides is 2. The highest BCUT2D eigenvalue weighted by atomic mass is 16.5. The number of pyridine rings is 1. The Morgan fingerprint density at radius 2 is 2.19 bits per heavy atom. The van der Waals surface area contributed by atoms with Gasteiger partial charge in [0.1, 0.15) is 11.7 Å². The zero-order chi connectivity index (χ0) is 22.5. The smallest absolute Gasteiger partial charge is 0.259 e. The Hall–Kier alpha value is -2.59. The van der Waals surface area contributed by atoms with Crippen molar-refractivity contribution >= 4 is 11.8 Å². The lowest BCUT2D eigenvalue weighted by Crippen LogP contribution is -2.50. The minimum Gasteiger partial charge on any atom is -0.472 e. The number of aromatic nitrogens is 1. The van der Waals surface area contributed by atoms with Crippen LogP contribution in [0.3, 0.4) is 0 Å². The quantitative estimate of drug-likeness (QED) is 0.705. The van der Waals surface area contributed by atoms with E-state index < -0.39 is 0 Å². The fourth-order valence-corrected chi connectivity index (χ4v) is 3.68. The van der Waals surface area contributed by atoms with Gasteiger partial charge in [-0.1, -0.05) is 25.7 Å². The number of carbonyl (C=O) groups is 2. The zero-order valence-corrected chi connectivity index (χ0v) is 18.9. The molecule has 0 radical (unpaired) electrons. The van der Waals surface area contributed by atoms with Gasteiger partial charge >= 0.3 is 0 Å². The van der Waals surface area contributed by atoms with Crippen molar-refractivity contribution in [2.24, 2.45) is 11.8 Å². The molecular formula is C24H33N3O4. The van der Waals surface area contributed by atoms with Gasteiger partial charge in [0.2, 0.25) is 11.8 Å². The molecule has 0 unspecified atom stereocenters. The highest BCUT2D eigenvalue weighted by Gasteiger charge is 2.37. The fourth-order valence-electron chi connectivity index (χ4n) is 3.68. The number of ether oxygens (including phenoxy) is 1. The maximum atomic E-state index is 13.3. The van der Waals surface area contributed by atoms with Crippen LogP contribution in [0.25, 0.3) is 0 Å². The van der Waals surface area contributed by atoms with Crippen molar-refractivity contribution in [1.29, 1.82) is 0 Å². The first-order valence-corrected chi connectivity index (χ1v) is 11.2. The monoisotopic (exact) mass is 427 g/mol. The van der Waals surface area contributed by atoms with E-state index in [0.29, 0.717) is 24.2 Å². The number of likely N-dealkylation sites (N-methyl/N-ethyl adjacent to an activating group) is 1. The van der Waals surface area contributed by atoms with Crippen molar-refractivity contribution in [3.05, 3.63) is 23.4 Å². The summed E-state index contributed by atoms with van der Waals surface area (Å²) in [5.74, 6) is 6.39. The minimum absolute atomic E-state index is 0.0497. The van der Waals surface area contributed by atoms with Crippen LogP contribution in [0.2, 0.25) is 0 Å². The van der Waals surface area contributed by atoms with Gasteiger partial charge in [-0.15, -0.1) is 0 Å². The molecule has 1 aromatic heterocycles. The number of nitrogens with zero attached hydrogens (tertiary/aromatic N) is 3. The van der Waals surface area contributed by atoms with E-state index in [2.05, 4.69) is 23.7 Å². The predicted molar refractivity (Wildman–Crippen MR) is 118 cm³/mol. The third-order valence-corrected chi connectivity index (χ3v) is 5.89. The Kier molecular flexibility index (Phi) is 7.55. The minimum atomic E-state index is -0.345. The van der Waals surface area contributed by atoms with Crippen LogP contribution >= 0.6 is 0 Å². The average molecular weight is 428 g/mol. The van der Waals surface area contributed by atoms with Crippen LogP contribution in [0.4, 0.5) is 0 Å². The van der Waals surface area contributed by atoms with Crippen LogP contribution < -0.4 is 4.74 Å². The molecular weight excluding hydrogens is 394 g/mol. The largest absolute Gasteiger partial charge is 0.472 e. The molecule has 1 fully saturated rings. The Morgan fingerprint density at radius 3 is 2.84 bits per heavy atom. The SMILES string of the molecule is CCCC#Cc1cnc2c(c1)C(=O)N([C@H](C)CO)C[C@@H](C)[C@H](CN(C)C(=O)C1CC1)O2. The fraction of sp³-hybridized carbons (Fsp3) is 0.625. The number of fused-ring (bicyclic) bond motifs is 1. The van der Waals surface area contributed by atoms with Crippen molar-refractivity contribution in [3.8, 4) is 17.7 Å². The lowest BCUT2D eigenvalue weighted by Gasteiger charge is -2.37. The van der Waals surface area contributed by atoms with Crippen molar-refractivity contribution in [1.82, 2.24) is 14.8 Å². The number of rotatable bonds is 6. The molecule has 1 aliphatic carbocycles.